The first-order chi connectivity index (χ1) is 18.5. The van der Waals surface area contributed by atoms with E-state index < -0.39 is 95.4 Å². The predicted octanol–water partition coefficient (Wildman–Crippen LogP) is -2.69. The van der Waals surface area contributed by atoms with Crippen molar-refractivity contribution in [1.29, 1.82) is 0 Å². The van der Waals surface area contributed by atoms with E-state index in [2.05, 4.69) is 5.32 Å². The minimum absolute atomic E-state index is 0.0496. The Morgan fingerprint density at radius 1 is 0.800 bits per heavy atom. The number of carbonyl (C=O) groups excluding carboxylic acids is 1. The topological polar surface area (TPSA) is 282 Å². The minimum Gasteiger partial charge on any atom is -0.480 e. The number of nitrogens with two attached hydrogens (primary N) is 1. The monoisotopic (exact) mass is 590 g/mol. The van der Waals surface area contributed by atoms with E-state index in [1.54, 1.807) is 0 Å². The summed E-state index contributed by atoms with van der Waals surface area (Å²) >= 11 is 0. The highest BCUT2D eigenvalue weighted by molar-refractivity contribution is 7.92. The fourth-order valence-corrected chi connectivity index (χ4v) is 4.91. The second-order valence-electron chi connectivity index (χ2n) is 8.75. The normalized spacial score (nSPS) is 13.0. The van der Waals surface area contributed by atoms with Crippen LogP contribution in [0.1, 0.15) is 5.56 Å². The van der Waals surface area contributed by atoms with Gasteiger partial charge < -0.3 is 36.6 Å². The number of carboxylic acids is 5. The zero-order chi connectivity index (χ0) is 30.6. The fraction of sp³-hybridized carbons (Fsp3) is 0.455. The Labute approximate surface area is 227 Å². The standard InChI is InChI=1S/C22H30N4O13S/c23-16(22(36)37)11-40(38,39)12-17(27)24-14-3-1-13(2-4-14)5-15(26(9-20(32)33)10-21(34)35)6-25(7-18(28)29)8-19(30)31/h1-4,15-16H,5-12,23H2,(H,24,27)(H,28,29)(H,30,31)(H,32,33)(H,34,35)(H,36,37). The van der Waals surface area contributed by atoms with Crippen molar-refractivity contribution in [1.82, 2.24) is 9.80 Å². The second kappa shape index (κ2) is 15.5. The van der Waals surface area contributed by atoms with Crippen LogP contribution in [-0.2, 0) is 45.0 Å². The molecule has 1 amide bonds. The first-order valence-corrected chi connectivity index (χ1v) is 13.2. The summed E-state index contributed by atoms with van der Waals surface area (Å²) in [6.07, 6.45) is -0.0496. The van der Waals surface area contributed by atoms with E-state index >= 15 is 0 Å². The van der Waals surface area contributed by atoms with Crippen molar-refractivity contribution >= 4 is 51.3 Å². The van der Waals surface area contributed by atoms with Crippen LogP contribution >= 0.6 is 0 Å². The Hall–Kier alpha value is -4.13. The number of hydrogen-bond donors (Lipinski definition) is 7. The van der Waals surface area contributed by atoms with Crippen molar-refractivity contribution in [3.63, 3.8) is 0 Å². The molecule has 2 unspecified atom stereocenters. The third kappa shape index (κ3) is 13.6. The van der Waals surface area contributed by atoms with Gasteiger partial charge in [-0.15, -0.1) is 0 Å². The molecule has 0 aliphatic heterocycles. The summed E-state index contributed by atoms with van der Waals surface area (Å²) in [7, 11) is -4.14. The van der Waals surface area contributed by atoms with Crippen LogP contribution in [0.3, 0.4) is 0 Å². The lowest BCUT2D eigenvalue weighted by Gasteiger charge is -2.33. The Morgan fingerprint density at radius 3 is 1.70 bits per heavy atom. The molecule has 8 N–H and O–H groups in total. The van der Waals surface area contributed by atoms with Gasteiger partial charge >= 0.3 is 29.8 Å². The number of sulfone groups is 1. The largest absolute Gasteiger partial charge is 0.480 e. The van der Waals surface area contributed by atoms with E-state index in [1.165, 1.54) is 24.3 Å². The van der Waals surface area contributed by atoms with Crippen molar-refractivity contribution in [3.8, 4) is 0 Å². The lowest BCUT2D eigenvalue weighted by Crippen LogP contribution is -2.50. The van der Waals surface area contributed by atoms with Crippen LogP contribution in [0.15, 0.2) is 24.3 Å². The lowest BCUT2D eigenvalue weighted by atomic mass is 10.0. The molecular weight excluding hydrogens is 560 g/mol. The third-order valence-corrected chi connectivity index (χ3v) is 6.76. The van der Waals surface area contributed by atoms with Gasteiger partial charge in [0, 0.05) is 18.3 Å². The highest BCUT2D eigenvalue weighted by atomic mass is 32.2. The first kappa shape index (κ1) is 33.9. The van der Waals surface area contributed by atoms with E-state index in [1.807, 2.05) is 0 Å². The molecule has 1 rings (SSSR count). The molecular formula is C22H30N4O13S. The van der Waals surface area contributed by atoms with E-state index in [4.69, 9.17) is 21.1 Å². The highest BCUT2D eigenvalue weighted by Crippen LogP contribution is 2.15. The molecule has 1 aromatic carbocycles. The van der Waals surface area contributed by atoms with Crippen LogP contribution in [0.5, 0.6) is 0 Å². The molecule has 0 fully saturated rings. The van der Waals surface area contributed by atoms with Crippen LogP contribution in [0.2, 0.25) is 0 Å². The maximum Gasteiger partial charge on any atom is 0.321 e. The molecule has 0 bridgehead atoms. The second-order valence-corrected chi connectivity index (χ2v) is 10.9. The molecule has 2 atom stereocenters. The van der Waals surface area contributed by atoms with Gasteiger partial charge in [-0.3, -0.25) is 38.6 Å². The van der Waals surface area contributed by atoms with E-state index in [0.717, 1.165) is 9.80 Å². The van der Waals surface area contributed by atoms with E-state index in [9.17, 15) is 47.4 Å². The Bertz CT molecular complexity index is 1170. The van der Waals surface area contributed by atoms with Gasteiger partial charge in [-0.1, -0.05) is 12.1 Å². The van der Waals surface area contributed by atoms with Crippen LogP contribution in [0.4, 0.5) is 5.69 Å². The number of carbonyl (C=O) groups is 6. The number of rotatable bonds is 19. The average molecular weight is 591 g/mol. The van der Waals surface area contributed by atoms with Crippen molar-refractivity contribution < 1.29 is 62.7 Å². The van der Waals surface area contributed by atoms with Gasteiger partial charge in [-0.05, 0) is 24.1 Å². The number of benzene rings is 1. The molecule has 0 spiro atoms. The van der Waals surface area contributed by atoms with Gasteiger partial charge in [0.25, 0.3) is 0 Å². The molecule has 1 aromatic rings. The van der Waals surface area contributed by atoms with Crippen molar-refractivity contribution in [2.75, 3.05) is 49.5 Å². The maximum atomic E-state index is 12.1. The summed E-state index contributed by atoms with van der Waals surface area (Å²) in [4.78, 5) is 70.1. The van der Waals surface area contributed by atoms with Gasteiger partial charge in [-0.25, -0.2) is 8.42 Å². The molecule has 0 radical (unpaired) electrons. The lowest BCUT2D eigenvalue weighted by molar-refractivity contribution is -0.146. The number of amides is 1. The summed E-state index contributed by atoms with van der Waals surface area (Å²) in [5.74, 6) is -9.92. The summed E-state index contributed by atoms with van der Waals surface area (Å²) in [6, 6.07) is 2.98. The van der Waals surface area contributed by atoms with E-state index in [-0.39, 0.29) is 18.7 Å². The maximum absolute atomic E-state index is 12.1. The van der Waals surface area contributed by atoms with Gasteiger partial charge in [0.15, 0.2) is 9.84 Å². The minimum atomic E-state index is -4.14. The molecule has 0 heterocycles. The fourth-order valence-electron chi connectivity index (χ4n) is 3.63. The molecule has 0 saturated heterocycles. The van der Waals surface area contributed by atoms with Gasteiger partial charge in [-0.2, -0.15) is 0 Å². The average Bonchev–Trinajstić information content (AvgIpc) is 2.77. The number of anilines is 1. The number of nitrogens with zero attached hydrogens (tertiary/aromatic N) is 2. The quantitative estimate of drug-likeness (QED) is 0.0863. The van der Waals surface area contributed by atoms with Crippen LogP contribution in [0.25, 0.3) is 0 Å². The summed E-state index contributed by atoms with van der Waals surface area (Å²) in [5.41, 5.74) is 5.81. The molecule has 17 nitrogen and oxygen atoms in total. The molecule has 18 heteroatoms. The molecule has 0 aliphatic rings. The first-order valence-electron chi connectivity index (χ1n) is 11.4. The van der Waals surface area contributed by atoms with E-state index in [0.29, 0.717) is 5.56 Å². The zero-order valence-electron chi connectivity index (χ0n) is 21.0. The molecule has 222 valence electrons. The van der Waals surface area contributed by atoms with Crippen LogP contribution in [0, 0.1) is 0 Å². The number of aliphatic carboxylic acids is 5. The smallest absolute Gasteiger partial charge is 0.321 e. The Balaban J connectivity index is 3.10. The highest BCUT2D eigenvalue weighted by Gasteiger charge is 2.28. The SMILES string of the molecule is NC(CS(=O)(=O)CC(=O)Nc1ccc(CC(CN(CC(=O)O)CC(=O)O)N(CC(=O)O)CC(=O)O)cc1)C(=O)O. The summed E-state index contributed by atoms with van der Waals surface area (Å²) in [6.45, 7) is -3.20. The van der Waals surface area contributed by atoms with Gasteiger partial charge in [0.1, 0.15) is 11.8 Å². The Kier molecular flexibility index (Phi) is 13.1. The molecule has 0 aliphatic carbocycles. The van der Waals surface area contributed by atoms with Gasteiger partial charge in [0.05, 0.1) is 31.9 Å². The molecule has 40 heavy (non-hydrogen) atoms. The van der Waals surface area contributed by atoms with Crippen LogP contribution in [-0.4, -0.2) is 136 Å². The van der Waals surface area contributed by atoms with Crippen LogP contribution < -0.4 is 11.1 Å². The zero-order valence-corrected chi connectivity index (χ0v) is 21.8. The summed E-state index contributed by atoms with van der Waals surface area (Å²) < 4.78 is 24.0. The number of carboxylic acid groups (broad SMARTS) is 5. The Morgan fingerprint density at radius 2 is 1.27 bits per heavy atom. The predicted molar refractivity (Wildman–Crippen MR) is 135 cm³/mol. The van der Waals surface area contributed by atoms with Crippen molar-refractivity contribution in [3.05, 3.63) is 29.8 Å². The number of hydrogen-bond acceptors (Lipinski definition) is 11. The summed E-state index contributed by atoms with van der Waals surface area (Å²) in [5, 5.41) is 47.8. The third-order valence-electron chi connectivity index (χ3n) is 5.19. The number of nitrogens with one attached hydrogen (secondary N) is 1. The molecule has 0 aromatic heterocycles. The van der Waals surface area contributed by atoms with Crippen molar-refractivity contribution in [2.24, 2.45) is 5.73 Å². The molecule has 0 saturated carbocycles. The van der Waals surface area contributed by atoms with Gasteiger partial charge in [0.2, 0.25) is 5.91 Å². The van der Waals surface area contributed by atoms with Crippen molar-refractivity contribution in [2.45, 2.75) is 18.5 Å².